The SMILES string of the molecule is COc1cc(C(F)(F)F)ccc1Cc1c(Cl)nc2ncnn2c1N. The van der Waals surface area contributed by atoms with E-state index in [1.807, 2.05) is 0 Å². The predicted molar refractivity (Wildman–Crippen MR) is 81.0 cm³/mol. The standard InChI is InChI=1S/C14H11ClF3N5O/c1-24-10-5-8(14(16,17)18)3-2-7(10)4-9-11(15)22-13-20-6-21-23(13)12(9)19/h2-3,5-6H,4,19H2,1H3. The van der Waals surface area contributed by atoms with Crippen LogP contribution in [-0.2, 0) is 12.6 Å². The lowest BCUT2D eigenvalue weighted by Gasteiger charge is -2.14. The second-order valence-corrected chi connectivity index (χ2v) is 5.30. The van der Waals surface area contributed by atoms with Crippen LogP contribution in [0.2, 0.25) is 5.15 Å². The van der Waals surface area contributed by atoms with E-state index in [-0.39, 0.29) is 28.9 Å². The van der Waals surface area contributed by atoms with Gasteiger partial charge >= 0.3 is 6.18 Å². The first-order valence-corrected chi connectivity index (χ1v) is 7.06. The highest BCUT2D eigenvalue weighted by Crippen LogP contribution is 2.35. The van der Waals surface area contributed by atoms with Crippen molar-refractivity contribution in [3.63, 3.8) is 0 Å². The second kappa shape index (κ2) is 5.82. The number of benzene rings is 1. The Morgan fingerprint density at radius 2 is 2.08 bits per heavy atom. The molecule has 24 heavy (non-hydrogen) atoms. The Labute approximate surface area is 139 Å². The highest BCUT2D eigenvalue weighted by molar-refractivity contribution is 6.30. The quantitative estimate of drug-likeness (QED) is 0.729. The Morgan fingerprint density at radius 1 is 1.33 bits per heavy atom. The first-order chi connectivity index (χ1) is 11.3. The van der Waals surface area contributed by atoms with Crippen molar-refractivity contribution < 1.29 is 17.9 Å². The molecule has 1 aromatic carbocycles. The maximum Gasteiger partial charge on any atom is 0.416 e. The van der Waals surface area contributed by atoms with Crippen molar-refractivity contribution in [1.82, 2.24) is 19.6 Å². The molecule has 3 aromatic rings. The first-order valence-electron chi connectivity index (χ1n) is 6.69. The summed E-state index contributed by atoms with van der Waals surface area (Å²) in [5.41, 5.74) is 6.13. The van der Waals surface area contributed by atoms with E-state index in [1.165, 1.54) is 24.0 Å². The summed E-state index contributed by atoms with van der Waals surface area (Å²) >= 11 is 6.12. The highest BCUT2D eigenvalue weighted by Gasteiger charge is 2.31. The zero-order valence-corrected chi connectivity index (χ0v) is 13.1. The third-order valence-corrected chi connectivity index (χ3v) is 3.81. The number of hydrogen-bond donors (Lipinski definition) is 1. The molecule has 0 spiro atoms. The van der Waals surface area contributed by atoms with E-state index < -0.39 is 11.7 Å². The summed E-state index contributed by atoms with van der Waals surface area (Å²) in [6.07, 6.45) is -3.05. The van der Waals surface area contributed by atoms with Gasteiger partial charge in [0.1, 0.15) is 23.0 Å². The number of methoxy groups -OCH3 is 1. The molecule has 0 saturated carbocycles. The van der Waals surface area contributed by atoms with Crippen molar-refractivity contribution in [2.45, 2.75) is 12.6 Å². The summed E-state index contributed by atoms with van der Waals surface area (Å²) < 4.78 is 44.8. The summed E-state index contributed by atoms with van der Waals surface area (Å²) in [5, 5.41) is 4.04. The van der Waals surface area contributed by atoms with Gasteiger partial charge in [-0.25, -0.2) is 0 Å². The van der Waals surface area contributed by atoms with Crippen LogP contribution in [0, 0.1) is 0 Å². The van der Waals surface area contributed by atoms with Crippen molar-refractivity contribution in [1.29, 1.82) is 0 Å². The maximum absolute atomic E-state index is 12.8. The fourth-order valence-electron chi connectivity index (χ4n) is 2.29. The minimum atomic E-state index is -4.45. The van der Waals surface area contributed by atoms with Crippen LogP contribution in [-0.4, -0.2) is 26.7 Å². The molecule has 0 atom stereocenters. The molecule has 126 valence electrons. The molecule has 0 aliphatic carbocycles. The smallest absolute Gasteiger partial charge is 0.416 e. The molecule has 10 heteroatoms. The molecule has 0 amide bonds. The summed E-state index contributed by atoms with van der Waals surface area (Å²) in [6.45, 7) is 0. The largest absolute Gasteiger partial charge is 0.496 e. The lowest BCUT2D eigenvalue weighted by molar-refractivity contribution is -0.137. The van der Waals surface area contributed by atoms with Gasteiger partial charge in [0.2, 0.25) is 0 Å². The molecule has 2 aromatic heterocycles. The Morgan fingerprint density at radius 3 is 2.75 bits per heavy atom. The fourth-order valence-corrected chi connectivity index (χ4v) is 2.53. The van der Waals surface area contributed by atoms with E-state index in [0.29, 0.717) is 11.1 Å². The van der Waals surface area contributed by atoms with Crippen LogP contribution < -0.4 is 10.5 Å². The minimum absolute atomic E-state index is 0.0824. The number of aromatic nitrogens is 4. The molecule has 2 N–H and O–H groups in total. The van der Waals surface area contributed by atoms with Crippen LogP contribution in [0.3, 0.4) is 0 Å². The molecule has 0 bridgehead atoms. The van der Waals surface area contributed by atoms with Crippen molar-refractivity contribution in [3.8, 4) is 5.75 Å². The Bertz CT molecular complexity index is 909. The highest BCUT2D eigenvalue weighted by atomic mass is 35.5. The van der Waals surface area contributed by atoms with E-state index in [0.717, 1.165) is 12.1 Å². The minimum Gasteiger partial charge on any atom is -0.496 e. The number of ether oxygens (including phenoxy) is 1. The van der Waals surface area contributed by atoms with Crippen LogP contribution in [0.5, 0.6) is 5.75 Å². The van der Waals surface area contributed by atoms with Crippen LogP contribution in [0.4, 0.5) is 19.0 Å². The van der Waals surface area contributed by atoms with Gasteiger partial charge in [0.15, 0.2) is 0 Å². The fraction of sp³-hybridized carbons (Fsp3) is 0.214. The van der Waals surface area contributed by atoms with Crippen molar-refractivity contribution in [2.24, 2.45) is 0 Å². The normalized spacial score (nSPS) is 11.9. The summed E-state index contributed by atoms with van der Waals surface area (Å²) in [5.74, 6) is 0.532. The van der Waals surface area contributed by atoms with Gasteiger partial charge in [0, 0.05) is 12.0 Å². The van der Waals surface area contributed by atoms with Crippen LogP contribution >= 0.6 is 11.6 Å². The number of hydrogen-bond acceptors (Lipinski definition) is 5. The number of rotatable bonds is 3. The van der Waals surface area contributed by atoms with Gasteiger partial charge in [0.05, 0.1) is 12.7 Å². The molecule has 0 aliphatic heterocycles. The molecule has 0 aliphatic rings. The third kappa shape index (κ3) is 2.82. The number of halogens is 4. The van der Waals surface area contributed by atoms with E-state index >= 15 is 0 Å². The Balaban J connectivity index is 2.05. The maximum atomic E-state index is 12.8. The van der Waals surface area contributed by atoms with E-state index in [2.05, 4.69) is 15.1 Å². The molecule has 0 unspecified atom stereocenters. The van der Waals surface area contributed by atoms with Gasteiger partial charge in [-0.3, -0.25) is 0 Å². The third-order valence-electron chi connectivity index (χ3n) is 3.50. The van der Waals surface area contributed by atoms with Crippen molar-refractivity contribution in [3.05, 3.63) is 46.4 Å². The molecule has 3 rings (SSSR count). The predicted octanol–water partition coefficient (Wildman–Crippen LogP) is 2.98. The van der Waals surface area contributed by atoms with E-state index in [4.69, 9.17) is 22.1 Å². The van der Waals surface area contributed by atoms with Crippen molar-refractivity contribution in [2.75, 3.05) is 12.8 Å². The zero-order chi connectivity index (χ0) is 17.5. The van der Waals surface area contributed by atoms with Crippen LogP contribution in [0.25, 0.3) is 5.78 Å². The van der Waals surface area contributed by atoms with E-state index in [9.17, 15) is 13.2 Å². The topological polar surface area (TPSA) is 78.3 Å². The zero-order valence-electron chi connectivity index (χ0n) is 12.3. The number of fused-ring (bicyclic) bond motifs is 1. The average Bonchev–Trinajstić information content (AvgIpc) is 2.98. The molecular weight excluding hydrogens is 347 g/mol. The number of anilines is 1. The van der Waals surface area contributed by atoms with Crippen molar-refractivity contribution >= 4 is 23.2 Å². The summed E-state index contributed by atoms with van der Waals surface area (Å²) in [6, 6.07) is 3.23. The Hall–Kier alpha value is -2.55. The lowest BCUT2D eigenvalue weighted by atomic mass is 10.0. The number of nitrogen functional groups attached to an aromatic ring is 1. The average molecular weight is 358 g/mol. The van der Waals surface area contributed by atoms with Crippen LogP contribution in [0.15, 0.2) is 24.5 Å². The molecule has 0 fully saturated rings. The summed E-state index contributed by atoms with van der Waals surface area (Å²) in [4.78, 5) is 7.95. The van der Waals surface area contributed by atoms with Gasteiger partial charge in [-0.1, -0.05) is 17.7 Å². The molecule has 0 saturated heterocycles. The first kappa shape index (κ1) is 16.3. The lowest BCUT2D eigenvalue weighted by Crippen LogP contribution is -2.09. The number of alkyl halides is 3. The van der Waals surface area contributed by atoms with E-state index in [1.54, 1.807) is 0 Å². The number of nitrogens with two attached hydrogens (primary N) is 1. The van der Waals surface area contributed by atoms with Gasteiger partial charge in [-0.05, 0) is 17.7 Å². The van der Waals surface area contributed by atoms with Gasteiger partial charge in [-0.2, -0.15) is 32.8 Å². The molecular formula is C14H11ClF3N5O. The second-order valence-electron chi connectivity index (χ2n) is 4.94. The van der Waals surface area contributed by atoms with Gasteiger partial charge in [-0.15, -0.1) is 0 Å². The van der Waals surface area contributed by atoms with Gasteiger partial charge < -0.3 is 10.5 Å². The monoisotopic (exact) mass is 357 g/mol. The molecule has 2 heterocycles. The molecule has 0 radical (unpaired) electrons. The van der Waals surface area contributed by atoms with Crippen LogP contribution in [0.1, 0.15) is 16.7 Å². The summed E-state index contributed by atoms with van der Waals surface area (Å²) in [7, 11) is 1.29. The Kier molecular flexibility index (Phi) is 3.96. The van der Waals surface area contributed by atoms with Gasteiger partial charge in [0.25, 0.3) is 5.78 Å². The number of nitrogens with zero attached hydrogens (tertiary/aromatic N) is 4. The molecule has 6 nitrogen and oxygen atoms in total.